The number of nitrogens with zero attached hydrogens (tertiary/aromatic N) is 1. The van der Waals surface area contributed by atoms with Crippen molar-refractivity contribution < 1.29 is 0 Å². The third-order valence-corrected chi connectivity index (χ3v) is 3.88. The second-order valence-corrected chi connectivity index (χ2v) is 4.84. The predicted octanol–water partition coefficient (Wildman–Crippen LogP) is 0.550. The molecule has 1 aliphatic carbocycles. The topological polar surface area (TPSA) is 41.3 Å². The van der Waals surface area contributed by atoms with Gasteiger partial charge in [-0.1, -0.05) is 0 Å². The third kappa shape index (κ3) is 2.27. The van der Waals surface area contributed by atoms with Gasteiger partial charge in [-0.15, -0.1) is 0 Å². The largest absolute Gasteiger partial charge is 0.326 e. The number of hydrogen-bond acceptors (Lipinski definition) is 3. The van der Waals surface area contributed by atoms with E-state index in [0.717, 1.165) is 18.6 Å². The molecular formula is C11H23N3. The van der Waals surface area contributed by atoms with Crippen molar-refractivity contribution in [2.24, 2.45) is 5.73 Å². The first-order valence-corrected chi connectivity index (χ1v) is 5.96. The minimum atomic E-state index is 0.442. The van der Waals surface area contributed by atoms with E-state index >= 15 is 0 Å². The fourth-order valence-corrected chi connectivity index (χ4v) is 2.88. The zero-order valence-corrected chi connectivity index (χ0v) is 9.21. The lowest BCUT2D eigenvalue weighted by atomic mass is 9.90. The monoisotopic (exact) mass is 197 g/mol. The average molecular weight is 197 g/mol. The molecule has 0 bridgehead atoms. The summed E-state index contributed by atoms with van der Waals surface area (Å²) in [5.41, 5.74) is 5.93. The molecule has 2 aliphatic rings. The van der Waals surface area contributed by atoms with Gasteiger partial charge in [0.2, 0.25) is 0 Å². The molecule has 2 fully saturated rings. The standard InChI is InChI=1S/C11H23N3/c1-13-10-2-4-11(5-3-10)14-7-6-9(12)8-14/h9-11,13H,2-8,12H2,1H3. The summed E-state index contributed by atoms with van der Waals surface area (Å²) >= 11 is 0. The van der Waals surface area contributed by atoms with E-state index < -0.39 is 0 Å². The maximum absolute atomic E-state index is 5.93. The van der Waals surface area contributed by atoms with E-state index in [1.807, 2.05) is 0 Å². The van der Waals surface area contributed by atoms with Crippen molar-refractivity contribution in [3.63, 3.8) is 0 Å². The Hall–Kier alpha value is -0.120. The van der Waals surface area contributed by atoms with E-state index in [2.05, 4.69) is 17.3 Å². The van der Waals surface area contributed by atoms with Crippen molar-refractivity contribution in [1.82, 2.24) is 10.2 Å². The summed E-state index contributed by atoms with van der Waals surface area (Å²) in [5, 5.41) is 3.38. The Labute approximate surface area is 87.0 Å². The fourth-order valence-electron chi connectivity index (χ4n) is 2.88. The van der Waals surface area contributed by atoms with Crippen molar-refractivity contribution in [1.29, 1.82) is 0 Å². The van der Waals surface area contributed by atoms with E-state index in [0.29, 0.717) is 6.04 Å². The van der Waals surface area contributed by atoms with E-state index in [-0.39, 0.29) is 0 Å². The molecule has 3 N–H and O–H groups in total. The second-order valence-electron chi connectivity index (χ2n) is 4.84. The van der Waals surface area contributed by atoms with Crippen LogP contribution in [0.5, 0.6) is 0 Å². The Morgan fingerprint density at radius 2 is 1.86 bits per heavy atom. The molecule has 2 rings (SSSR count). The minimum Gasteiger partial charge on any atom is -0.326 e. The quantitative estimate of drug-likeness (QED) is 0.679. The van der Waals surface area contributed by atoms with Gasteiger partial charge < -0.3 is 11.1 Å². The van der Waals surface area contributed by atoms with Crippen molar-refractivity contribution in [2.45, 2.75) is 50.2 Å². The molecule has 1 saturated heterocycles. The SMILES string of the molecule is CNC1CCC(N2CCC(N)C2)CC1. The third-order valence-electron chi connectivity index (χ3n) is 3.88. The van der Waals surface area contributed by atoms with Crippen molar-refractivity contribution in [3.05, 3.63) is 0 Å². The van der Waals surface area contributed by atoms with Gasteiger partial charge in [0.15, 0.2) is 0 Å². The van der Waals surface area contributed by atoms with Crippen LogP contribution in [0.25, 0.3) is 0 Å². The van der Waals surface area contributed by atoms with Crippen LogP contribution >= 0.6 is 0 Å². The zero-order valence-electron chi connectivity index (χ0n) is 9.21. The molecule has 1 aliphatic heterocycles. The molecule has 0 radical (unpaired) electrons. The molecule has 0 amide bonds. The van der Waals surface area contributed by atoms with Gasteiger partial charge in [-0.25, -0.2) is 0 Å². The molecule has 82 valence electrons. The molecule has 0 aromatic heterocycles. The van der Waals surface area contributed by atoms with Crippen LogP contribution in [-0.2, 0) is 0 Å². The van der Waals surface area contributed by atoms with Gasteiger partial charge >= 0.3 is 0 Å². The highest BCUT2D eigenvalue weighted by Gasteiger charge is 2.29. The first kappa shape index (κ1) is 10.4. The Bertz CT molecular complexity index is 175. The minimum absolute atomic E-state index is 0.442. The molecule has 1 atom stereocenters. The number of hydrogen-bond donors (Lipinski definition) is 2. The summed E-state index contributed by atoms with van der Waals surface area (Å²) in [6.45, 7) is 2.37. The van der Waals surface area contributed by atoms with Crippen molar-refractivity contribution in [3.8, 4) is 0 Å². The van der Waals surface area contributed by atoms with Crippen LogP contribution in [0.2, 0.25) is 0 Å². The predicted molar refractivity (Wildman–Crippen MR) is 59.3 cm³/mol. The lowest BCUT2D eigenvalue weighted by Crippen LogP contribution is -2.41. The molecule has 1 unspecified atom stereocenters. The zero-order chi connectivity index (χ0) is 9.97. The summed E-state index contributed by atoms with van der Waals surface area (Å²) in [5.74, 6) is 0. The number of nitrogens with one attached hydrogen (secondary N) is 1. The summed E-state index contributed by atoms with van der Waals surface area (Å²) < 4.78 is 0. The smallest absolute Gasteiger partial charge is 0.0180 e. The highest BCUT2D eigenvalue weighted by Crippen LogP contribution is 2.25. The number of nitrogens with two attached hydrogens (primary N) is 1. The molecule has 0 spiro atoms. The van der Waals surface area contributed by atoms with Gasteiger partial charge in [-0.3, -0.25) is 4.90 Å². The molecule has 0 aromatic rings. The summed E-state index contributed by atoms with van der Waals surface area (Å²) in [7, 11) is 2.08. The van der Waals surface area contributed by atoms with Crippen LogP contribution in [0.3, 0.4) is 0 Å². The van der Waals surface area contributed by atoms with Crippen molar-refractivity contribution >= 4 is 0 Å². The molecule has 3 nitrogen and oxygen atoms in total. The second kappa shape index (κ2) is 4.60. The lowest BCUT2D eigenvalue weighted by molar-refractivity contribution is 0.174. The van der Waals surface area contributed by atoms with Gasteiger partial charge in [-0.2, -0.15) is 0 Å². The van der Waals surface area contributed by atoms with E-state index in [4.69, 9.17) is 5.73 Å². The van der Waals surface area contributed by atoms with Crippen LogP contribution in [0.4, 0.5) is 0 Å². The maximum atomic E-state index is 5.93. The van der Waals surface area contributed by atoms with E-state index in [9.17, 15) is 0 Å². The normalized spacial score (nSPS) is 40.3. The fraction of sp³-hybridized carbons (Fsp3) is 1.00. The molecule has 1 heterocycles. The lowest BCUT2D eigenvalue weighted by Gasteiger charge is -2.34. The Balaban J connectivity index is 1.78. The van der Waals surface area contributed by atoms with Crippen LogP contribution in [0.15, 0.2) is 0 Å². The van der Waals surface area contributed by atoms with Gasteiger partial charge in [0.25, 0.3) is 0 Å². The first-order chi connectivity index (χ1) is 6.79. The van der Waals surface area contributed by atoms with Gasteiger partial charge in [0.05, 0.1) is 0 Å². The Morgan fingerprint density at radius 1 is 1.14 bits per heavy atom. The van der Waals surface area contributed by atoms with Gasteiger partial charge in [0.1, 0.15) is 0 Å². The first-order valence-electron chi connectivity index (χ1n) is 5.96. The van der Waals surface area contributed by atoms with Crippen LogP contribution in [-0.4, -0.2) is 43.2 Å². The van der Waals surface area contributed by atoms with E-state index in [1.54, 1.807) is 0 Å². The molecule has 1 saturated carbocycles. The molecular weight excluding hydrogens is 174 g/mol. The van der Waals surface area contributed by atoms with Crippen molar-refractivity contribution in [2.75, 3.05) is 20.1 Å². The Kier molecular flexibility index (Phi) is 3.42. The number of rotatable bonds is 2. The van der Waals surface area contributed by atoms with Crippen LogP contribution < -0.4 is 11.1 Å². The van der Waals surface area contributed by atoms with Gasteiger partial charge in [0, 0.05) is 31.2 Å². The molecule has 0 aromatic carbocycles. The molecule has 3 heteroatoms. The maximum Gasteiger partial charge on any atom is 0.0180 e. The van der Waals surface area contributed by atoms with Crippen LogP contribution in [0.1, 0.15) is 32.1 Å². The molecule has 14 heavy (non-hydrogen) atoms. The Morgan fingerprint density at radius 3 is 2.36 bits per heavy atom. The number of likely N-dealkylation sites (tertiary alicyclic amines) is 1. The summed E-state index contributed by atoms with van der Waals surface area (Å²) in [6.07, 6.45) is 6.60. The van der Waals surface area contributed by atoms with Gasteiger partial charge in [-0.05, 0) is 39.2 Å². The summed E-state index contributed by atoms with van der Waals surface area (Å²) in [6, 6.07) is 2.03. The highest BCUT2D eigenvalue weighted by atomic mass is 15.2. The van der Waals surface area contributed by atoms with E-state index in [1.165, 1.54) is 38.6 Å². The summed E-state index contributed by atoms with van der Waals surface area (Å²) in [4.78, 5) is 2.61. The van der Waals surface area contributed by atoms with Crippen LogP contribution in [0, 0.1) is 0 Å². The average Bonchev–Trinajstić information content (AvgIpc) is 2.65. The highest BCUT2D eigenvalue weighted by molar-refractivity contribution is 4.87.